The number of anilines is 1. The number of thioether (sulfide) groups is 1. The molecule has 0 saturated heterocycles. The van der Waals surface area contributed by atoms with E-state index in [1.165, 1.54) is 36.0 Å². The smallest absolute Gasteiger partial charge is 0.321 e. The van der Waals surface area contributed by atoms with Gasteiger partial charge in [0, 0.05) is 16.9 Å². The largest absolute Gasteiger partial charge is 0.418 e. The van der Waals surface area contributed by atoms with Gasteiger partial charge in [-0.1, -0.05) is 31.4 Å². The van der Waals surface area contributed by atoms with Crippen LogP contribution in [0, 0.1) is 10.1 Å². The van der Waals surface area contributed by atoms with Gasteiger partial charge in [-0.3, -0.25) is 14.9 Å². The number of hydrogen-bond acceptors (Lipinski definition) is 4. The van der Waals surface area contributed by atoms with Gasteiger partial charge in [-0.25, -0.2) is 0 Å². The molecule has 5 nitrogen and oxygen atoms in total. The van der Waals surface area contributed by atoms with E-state index < -0.39 is 28.3 Å². The number of para-hydroxylation sites is 1. The minimum Gasteiger partial charge on any atom is -0.321 e. The maximum absolute atomic E-state index is 13.1. The lowest BCUT2D eigenvalue weighted by molar-refractivity contribution is -0.387. The Morgan fingerprint density at radius 3 is 2.45 bits per heavy atom. The summed E-state index contributed by atoms with van der Waals surface area (Å²) >= 11 is 1.43. The van der Waals surface area contributed by atoms with Crippen molar-refractivity contribution < 1.29 is 22.9 Å². The lowest BCUT2D eigenvalue weighted by Gasteiger charge is -2.20. The number of amides is 1. The van der Waals surface area contributed by atoms with Crippen molar-refractivity contribution in [3.05, 3.63) is 63.7 Å². The Labute approximate surface area is 169 Å². The number of rotatable bonds is 5. The van der Waals surface area contributed by atoms with E-state index in [0.717, 1.165) is 50.3 Å². The van der Waals surface area contributed by atoms with Crippen molar-refractivity contribution in [3.63, 3.8) is 0 Å². The molecule has 0 heterocycles. The number of hydrogen-bond donors (Lipinski definition) is 1. The molecule has 0 atom stereocenters. The first kappa shape index (κ1) is 21.2. The minimum absolute atomic E-state index is 0.0679. The van der Waals surface area contributed by atoms with Crippen LogP contribution in [0.3, 0.4) is 0 Å². The Balaban J connectivity index is 1.83. The lowest BCUT2D eigenvalue weighted by atomic mass is 10.0. The van der Waals surface area contributed by atoms with Crippen molar-refractivity contribution in [2.24, 2.45) is 0 Å². The number of carbonyl (C=O) groups excluding carboxylic acids is 1. The zero-order chi connectivity index (χ0) is 21.0. The molecule has 2 aromatic carbocycles. The van der Waals surface area contributed by atoms with Gasteiger partial charge in [0.05, 0.1) is 21.1 Å². The highest BCUT2D eigenvalue weighted by Crippen LogP contribution is 2.39. The van der Waals surface area contributed by atoms with Crippen LogP contribution >= 0.6 is 11.8 Å². The third-order valence-corrected chi connectivity index (χ3v) is 6.15. The van der Waals surface area contributed by atoms with Crippen LogP contribution in [0.15, 0.2) is 47.4 Å². The van der Waals surface area contributed by atoms with Crippen molar-refractivity contribution in [1.82, 2.24) is 0 Å². The monoisotopic (exact) mass is 424 g/mol. The first-order valence-corrected chi connectivity index (χ1v) is 10.1. The Kier molecular flexibility index (Phi) is 6.46. The molecule has 0 aliphatic heterocycles. The van der Waals surface area contributed by atoms with Gasteiger partial charge < -0.3 is 5.32 Å². The van der Waals surface area contributed by atoms with E-state index >= 15 is 0 Å². The first-order valence-electron chi connectivity index (χ1n) is 9.18. The van der Waals surface area contributed by atoms with Crippen LogP contribution in [0.4, 0.5) is 24.5 Å². The Morgan fingerprint density at radius 1 is 1.10 bits per heavy atom. The third-order valence-electron chi connectivity index (χ3n) is 4.74. The molecule has 0 bridgehead atoms. The van der Waals surface area contributed by atoms with Gasteiger partial charge >= 0.3 is 6.18 Å². The van der Waals surface area contributed by atoms with Crippen molar-refractivity contribution in [2.75, 3.05) is 5.32 Å². The highest BCUT2D eigenvalue weighted by molar-refractivity contribution is 8.00. The van der Waals surface area contributed by atoms with Crippen LogP contribution in [0.1, 0.15) is 48.0 Å². The maximum Gasteiger partial charge on any atom is 0.418 e. The number of carbonyl (C=O) groups is 1. The van der Waals surface area contributed by atoms with Gasteiger partial charge in [0.25, 0.3) is 11.6 Å². The molecule has 1 saturated carbocycles. The van der Waals surface area contributed by atoms with Crippen LogP contribution < -0.4 is 5.32 Å². The zero-order valence-electron chi connectivity index (χ0n) is 15.4. The lowest BCUT2D eigenvalue weighted by Crippen LogP contribution is -2.17. The van der Waals surface area contributed by atoms with Gasteiger partial charge in [0.2, 0.25) is 0 Å². The number of nitrogens with one attached hydrogen (secondary N) is 1. The molecule has 154 valence electrons. The molecule has 3 rings (SSSR count). The average molecular weight is 424 g/mol. The molecule has 9 heteroatoms. The van der Waals surface area contributed by atoms with Crippen LogP contribution in [0.25, 0.3) is 0 Å². The molecule has 0 radical (unpaired) electrons. The molecule has 0 aromatic heterocycles. The van der Waals surface area contributed by atoms with Gasteiger partial charge in [-0.05, 0) is 37.1 Å². The molecule has 1 fully saturated rings. The third kappa shape index (κ3) is 5.29. The van der Waals surface area contributed by atoms with Gasteiger partial charge in [-0.15, -0.1) is 11.8 Å². The molecule has 2 aromatic rings. The van der Waals surface area contributed by atoms with Crippen molar-refractivity contribution in [1.29, 1.82) is 0 Å². The van der Waals surface area contributed by atoms with Crippen molar-refractivity contribution >= 4 is 29.0 Å². The van der Waals surface area contributed by atoms with E-state index in [-0.39, 0.29) is 11.3 Å². The number of nitrogens with zero attached hydrogens (tertiary/aromatic N) is 1. The fourth-order valence-corrected chi connectivity index (χ4v) is 4.63. The summed E-state index contributed by atoms with van der Waals surface area (Å²) < 4.78 is 39.3. The Bertz CT molecular complexity index is 912. The summed E-state index contributed by atoms with van der Waals surface area (Å²) in [5, 5.41) is 14.0. The highest BCUT2D eigenvalue weighted by Gasteiger charge is 2.33. The Hall–Kier alpha value is -2.55. The molecular weight excluding hydrogens is 405 g/mol. The summed E-state index contributed by atoms with van der Waals surface area (Å²) in [5.74, 6) is -0.834. The molecule has 0 unspecified atom stereocenters. The van der Waals surface area contributed by atoms with Gasteiger partial charge in [0.15, 0.2) is 0 Å². The second-order valence-corrected chi connectivity index (χ2v) is 8.16. The molecule has 1 aliphatic carbocycles. The molecule has 29 heavy (non-hydrogen) atoms. The fourth-order valence-electron chi connectivity index (χ4n) is 3.30. The summed E-state index contributed by atoms with van der Waals surface area (Å²) in [4.78, 5) is 23.9. The van der Waals surface area contributed by atoms with E-state index in [2.05, 4.69) is 5.32 Å². The summed E-state index contributed by atoms with van der Waals surface area (Å²) in [6.45, 7) is 0. The summed E-state index contributed by atoms with van der Waals surface area (Å²) in [6.07, 6.45) is 0.680. The average Bonchev–Trinajstić information content (AvgIpc) is 2.68. The van der Waals surface area contributed by atoms with Crippen molar-refractivity contribution in [2.45, 2.75) is 48.4 Å². The van der Waals surface area contributed by atoms with E-state index in [1.54, 1.807) is 0 Å². The number of alkyl halides is 3. The molecule has 1 aliphatic rings. The van der Waals surface area contributed by atoms with E-state index in [0.29, 0.717) is 10.1 Å². The first-order chi connectivity index (χ1) is 13.8. The van der Waals surface area contributed by atoms with Gasteiger partial charge in [-0.2, -0.15) is 13.2 Å². The van der Waals surface area contributed by atoms with Crippen LogP contribution in [0.2, 0.25) is 0 Å². The predicted molar refractivity (Wildman–Crippen MR) is 105 cm³/mol. The van der Waals surface area contributed by atoms with Crippen LogP contribution in [-0.4, -0.2) is 16.1 Å². The van der Waals surface area contributed by atoms with Crippen LogP contribution in [0.5, 0.6) is 0 Å². The fraction of sp³-hybridized carbons (Fsp3) is 0.350. The van der Waals surface area contributed by atoms with Crippen molar-refractivity contribution in [3.8, 4) is 0 Å². The molecule has 0 spiro atoms. The second kappa shape index (κ2) is 8.86. The van der Waals surface area contributed by atoms with E-state index in [1.807, 2.05) is 0 Å². The molecular formula is C20H19F3N2O3S. The van der Waals surface area contributed by atoms with E-state index in [9.17, 15) is 28.1 Å². The second-order valence-electron chi connectivity index (χ2n) is 6.81. The topological polar surface area (TPSA) is 72.2 Å². The summed E-state index contributed by atoms with van der Waals surface area (Å²) in [5.41, 5.74) is -1.65. The SMILES string of the molecule is O=C(Nc1ccccc1C(F)(F)F)c1ccc(SC2CCCCC2)c([N+](=O)[O-])c1. The predicted octanol–water partition coefficient (Wildman–Crippen LogP) is 6.29. The quantitative estimate of drug-likeness (QED) is 0.452. The normalized spacial score (nSPS) is 15.1. The molecule has 1 amide bonds. The number of nitro groups is 1. The van der Waals surface area contributed by atoms with E-state index in [4.69, 9.17) is 0 Å². The summed E-state index contributed by atoms with van der Waals surface area (Å²) in [7, 11) is 0. The van der Waals surface area contributed by atoms with Crippen LogP contribution in [-0.2, 0) is 6.18 Å². The number of nitro benzene ring substituents is 1. The standard InChI is InChI=1S/C20H19F3N2O3S/c21-20(22,23)15-8-4-5-9-16(15)24-19(26)13-10-11-18(17(12-13)25(27)28)29-14-6-2-1-3-7-14/h4-5,8-12,14H,1-3,6-7H2,(H,24,26). The summed E-state index contributed by atoms with van der Waals surface area (Å²) in [6, 6.07) is 8.63. The highest BCUT2D eigenvalue weighted by atomic mass is 32.2. The van der Waals surface area contributed by atoms with Gasteiger partial charge in [0.1, 0.15) is 0 Å². The number of benzene rings is 2. The maximum atomic E-state index is 13.1. The molecule has 1 N–H and O–H groups in total. The minimum atomic E-state index is -4.63. The zero-order valence-corrected chi connectivity index (χ0v) is 16.2. The number of halogens is 3. The Morgan fingerprint density at radius 2 is 1.79 bits per heavy atom.